The minimum Gasteiger partial charge on any atom is -0.466 e. The molecule has 0 aromatic carbocycles. The second-order valence-corrected chi connectivity index (χ2v) is 6.35. The van der Waals surface area contributed by atoms with Crippen LogP contribution in [0.4, 0.5) is 0 Å². The largest absolute Gasteiger partial charge is 0.466 e. The first-order valence-corrected chi connectivity index (χ1v) is 9.35. The van der Waals surface area contributed by atoms with Gasteiger partial charge in [-0.2, -0.15) is 0 Å². The highest BCUT2D eigenvalue weighted by Crippen LogP contribution is 2.25. The van der Waals surface area contributed by atoms with E-state index in [1.807, 2.05) is 6.92 Å². The summed E-state index contributed by atoms with van der Waals surface area (Å²) in [5, 5.41) is 6.87. The Morgan fingerprint density at radius 2 is 1.75 bits per heavy atom. The number of hydrogen-bond donors (Lipinski definition) is 2. The van der Waals surface area contributed by atoms with Gasteiger partial charge in [0.15, 0.2) is 5.96 Å². The lowest BCUT2D eigenvalue weighted by molar-refractivity contribution is -0.149. The maximum absolute atomic E-state index is 11.8. The summed E-state index contributed by atoms with van der Waals surface area (Å²) in [6.07, 6.45) is 6.15. The Morgan fingerprint density at radius 1 is 1.12 bits per heavy atom. The third kappa shape index (κ3) is 8.53. The van der Waals surface area contributed by atoms with Crippen molar-refractivity contribution in [3.05, 3.63) is 0 Å². The number of hydrogen-bond acceptors (Lipinski definition) is 3. The van der Waals surface area contributed by atoms with Crippen LogP contribution in [0.25, 0.3) is 0 Å². The fourth-order valence-corrected chi connectivity index (χ4v) is 3.01. The van der Waals surface area contributed by atoms with Crippen LogP contribution in [0.2, 0.25) is 0 Å². The number of nitrogens with one attached hydrogen (secondary N) is 2. The lowest BCUT2D eigenvalue weighted by Gasteiger charge is -2.29. The summed E-state index contributed by atoms with van der Waals surface area (Å²) in [7, 11) is 0. The Bertz CT molecular complexity index is 365. The maximum atomic E-state index is 11.8. The Morgan fingerprint density at radius 3 is 2.25 bits per heavy atom. The van der Waals surface area contributed by atoms with E-state index in [1.54, 1.807) is 0 Å². The zero-order valence-corrected chi connectivity index (χ0v) is 18.1. The molecule has 0 amide bonds. The van der Waals surface area contributed by atoms with Crippen LogP contribution >= 0.6 is 24.0 Å². The van der Waals surface area contributed by atoms with Crippen molar-refractivity contribution in [1.29, 1.82) is 0 Å². The van der Waals surface area contributed by atoms with Gasteiger partial charge in [-0.3, -0.25) is 9.79 Å². The third-order valence-electron chi connectivity index (χ3n) is 4.69. The highest BCUT2D eigenvalue weighted by atomic mass is 127. The number of aliphatic imine (C=N–C) groups is 1. The molecule has 1 fully saturated rings. The summed E-state index contributed by atoms with van der Waals surface area (Å²) >= 11 is 0. The van der Waals surface area contributed by atoms with Crippen LogP contribution in [-0.2, 0) is 9.53 Å². The zero-order valence-electron chi connectivity index (χ0n) is 15.8. The molecule has 0 heterocycles. The second-order valence-electron chi connectivity index (χ2n) is 6.35. The minimum absolute atomic E-state index is 0. The average molecular weight is 453 g/mol. The van der Waals surface area contributed by atoms with Crippen LogP contribution in [0.15, 0.2) is 4.99 Å². The van der Waals surface area contributed by atoms with Crippen LogP contribution in [0.3, 0.4) is 0 Å². The summed E-state index contributed by atoms with van der Waals surface area (Å²) < 4.78 is 5.13. The van der Waals surface area contributed by atoms with Gasteiger partial charge in [0.25, 0.3) is 0 Å². The number of carbonyl (C=O) groups excluding carboxylic acids is 1. The molecule has 0 aromatic rings. The van der Waals surface area contributed by atoms with E-state index in [-0.39, 0.29) is 35.9 Å². The zero-order chi connectivity index (χ0) is 17.1. The molecule has 0 aliphatic heterocycles. The summed E-state index contributed by atoms with van der Waals surface area (Å²) in [6, 6.07) is 0.403. The van der Waals surface area contributed by atoms with E-state index in [4.69, 9.17) is 9.73 Å². The van der Waals surface area contributed by atoms with Gasteiger partial charge in [-0.15, -0.1) is 24.0 Å². The Hall–Kier alpha value is -0.530. The molecule has 24 heavy (non-hydrogen) atoms. The number of esters is 1. The molecule has 1 rings (SSSR count). The first kappa shape index (κ1) is 23.5. The monoisotopic (exact) mass is 453 g/mol. The molecule has 1 aliphatic rings. The number of nitrogens with zero attached hydrogens (tertiary/aromatic N) is 1. The fourth-order valence-electron chi connectivity index (χ4n) is 3.01. The number of rotatable bonds is 8. The molecule has 0 unspecified atom stereocenters. The van der Waals surface area contributed by atoms with Gasteiger partial charge in [0.1, 0.15) is 0 Å². The average Bonchev–Trinajstić information content (AvgIpc) is 2.56. The maximum Gasteiger partial charge on any atom is 0.308 e. The van der Waals surface area contributed by atoms with E-state index in [2.05, 4.69) is 31.4 Å². The Balaban J connectivity index is 0.00000529. The standard InChI is InChI=1S/C18H35N3O2.HI/c1-5-14(6-2)13-20-18(19-7-3)21-16-11-9-15(10-12-16)17(22)23-8-4;/h14-16H,5-13H2,1-4H3,(H2,19,20,21);1H. The van der Waals surface area contributed by atoms with Gasteiger partial charge in [-0.1, -0.05) is 26.7 Å². The topological polar surface area (TPSA) is 62.7 Å². The lowest BCUT2D eigenvalue weighted by Crippen LogP contribution is -2.45. The molecule has 6 heteroatoms. The molecule has 2 N–H and O–H groups in total. The van der Waals surface area contributed by atoms with Crippen molar-refractivity contribution in [2.75, 3.05) is 19.7 Å². The molecule has 1 saturated carbocycles. The summed E-state index contributed by atoms with van der Waals surface area (Å²) in [4.78, 5) is 16.5. The van der Waals surface area contributed by atoms with E-state index in [0.29, 0.717) is 18.6 Å². The molecule has 142 valence electrons. The minimum atomic E-state index is -0.0275. The highest BCUT2D eigenvalue weighted by Gasteiger charge is 2.27. The van der Waals surface area contributed by atoms with Crippen molar-refractivity contribution in [2.45, 2.75) is 72.3 Å². The Kier molecular flexibility index (Phi) is 13.4. The van der Waals surface area contributed by atoms with Gasteiger partial charge in [-0.05, 0) is 45.4 Å². The van der Waals surface area contributed by atoms with Crippen LogP contribution in [0.5, 0.6) is 0 Å². The van der Waals surface area contributed by atoms with Crippen LogP contribution in [0.1, 0.15) is 66.2 Å². The van der Waals surface area contributed by atoms with E-state index in [0.717, 1.165) is 44.7 Å². The van der Waals surface area contributed by atoms with Gasteiger partial charge in [0, 0.05) is 19.1 Å². The van der Waals surface area contributed by atoms with E-state index < -0.39 is 0 Å². The van der Waals surface area contributed by atoms with E-state index in [9.17, 15) is 4.79 Å². The SMILES string of the molecule is CCNC(=NCC(CC)CC)NC1CCC(C(=O)OCC)CC1.I. The summed E-state index contributed by atoms with van der Waals surface area (Å²) in [5.74, 6) is 1.63. The van der Waals surface area contributed by atoms with Crippen LogP contribution in [0, 0.1) is 11.8 Å². The van der Waals surface area contributed by atoms with Gasteiger partial charge in [0.05, 0.1) is 12.5 Å². The van der Waals surface area contributed by atoms with Crippen LogP contribution < -0.4 is 10.6 Å². The van der Waals surface area contributed by atoms with Crippen molar-refractivity contribution < 1.29 is 9.53 Å². The Labute approximate surface area is 164 Å². The van der Waals surface area contributed by atoms with Crippen LogP contribution in [-0.4, -0.2) is 37.7 Å². The quantitative estimate of drug-likeness (QED) is 0.255. The molecule has 0 atom stereocenters. The normalized spacial score (nSPS) is 21.1. The number of ether oxygens (including phenoxy) is 1. The number of carbonyl (C=O) groups is 1. The predicted molar refractivity (Wildman–Crippen MR) is 111 cm³/mol. The number of guanidine groups is 1. The third-order valence-corrected chi connectivity index (χ3v) is 4.69. The van der Waals surface area contributed by atoms with Gasteiger partial charge in [-0.25, -0.2) is 0 Å². The molecule has 0 saturated heterocycles. The first-order chi connectivity index (χ1) is 11.1. The van der Waals surface area contributed by atoms with E-state index in [1.165, 1.54) is 12.8 Å². The smallest absolute Gasteiger partial charge is 0.308 e. The second kappa shape index (κ2) is 13.7. The van der Waals surface area contributed by atoms with Crippen molar-refractivity contribution in [3.8, 4) is 0 Å². The molecule has 0 bridgehead atoms. The molecule has 1 aliphatic carbocycles. The lowest BCUT2D eigenvalue weighted by atomic mass is 9.86. The number of halogens is 1. The molecule has 0 radical (unpaired) electrons. The van der Waals surface area contributed by atoms with Gasteiger partial charge >= 0.3 is 5.97 Å². The summed E-state index contributed by atoms with van der Waals surface area (Å²) in [6.45, 7) is 10.6. The van der Waals surface area contributed by atoms with Crippen molar-refractivity contribution in [2.24, 2.45) is 16.8 Å². The molecule has 0 spiro atoms. The summed E-state index contributed by atoms with van der Waals surface area (Å²) in [5.41, 5.74) is 0. The van der Waals surface area contributed by atoms with Gasteiger partial charge in [0.2, 0.25) is 0 Å². The highest BCUT2D eigenvalue weighted by molar-refractivity contribution is 14.0. The van der Waals surface area contributed by atoms with Crippen molar-refractivity contribution in [3.63, 3.8) is 0 Å². The molecular weight excluding hydrogens is 417 g/mol. The van der Waals surface area contributed by atoms with Crippen molar-refractivity contribution >= 4 is 35.9 Å². The molecule has 0 aromatic heterocycles. The van der Waals surface area contributed by atoms with Crippen molar-refractivity contribution in [1.82, 2.24) is 10.6 Å². The first-order valence-electron chi connectivity index (χ1n) is 9.35. The molecule has 5 nitrogen and oxygen atoms in total. The van der Waals surface area contributed by atoms with E-state index >= 15 is 0 Å². The predicted octanol–water partition coefficient (Wildman–Crippen LogP) is 3.72. The molecular formula is C18H36IN3O2. The van der Waals surface area contributed by atoms with Gasteiger partial charge < -0.3 is 15.4 Å². The fraction of sp³-hybridized carbons (Fsp3) is 0.889.